The molecular formula is C14H20N2O2. The van der Waals surface area contributed by atoms with E-state index in [9.17, 15) is 9.59 Å². The summed E-state index contributed by atoms with van der Waals surface area (Å²) >= 11 is 0. The van der Waals surface area contributed by atoms with E-state index in [4.69, 9.17) is 0 Å². The second-order valence-corrected chi connectivity index (χ2v) is 4.32. The smallest absolute Gasteiger partial charge is 0.221 e. The van der Waals surface area contributed by atoms with Gasteiger partial charge in [0.15, 0.2) is 0 Å². The van der Waals surface area contributed by atoms with Crippen LogP contribution in [0.15, 0.2) is 24.3 Å². The molecule has 4 heteroatoms. The first-order valence-corrected chi connectivity index (χ1v) is 6.14. The van der Waals surface area contributed by atoms with Gasteiger partial charge in [-0.05, 0) is 18.9 Å². The maximum Gasteiger partial charge on any atom is 0.221 e. The Morgan fingerprint density at radius 2 is 1.94 bits per heavy atom. The van der Waals surface area contributed by atoms with Crippen LogP contribution >= 0.6 is 0 Å². The summed E-state index contributed by atoms with van der Waals surface area (Å²) in [6, 6.07) is 8.23. The van der Waals surface area contributed by atoms with Crippen molar-refractivity contribution in [3.63, 3.8) is 0 Å². The molecule has 0 aliphatic carbocycles. The summed E-state index contributed by atoms with van der Waals surface area (Å²) in [5, 5.41) is 5.43. The average Bonchev–Trinajstić information content (AvgIpc) is 2.28. The predicted octanol–water partition coefficient (Wildman–Crippen LogP) is 1.18. The lowest BCUT2D eigenvalue weighted by Crippen LogP contribution is -2.30. The fraction of sp³-hybridized carbons (Fsp3) is 0.429. The van der Waals surface area contributed by atoms with Crippen molar-refractivity contribution in [2.75, 3.05) is 13.1 Å². The molecule has 2 amide bonds. The van der Waals surface area contributed by atoms with Crippen molar-refractivity contribution in [3.05, 3.63) is 35.4 Å². The van der Waals surface area contributed by atoms with Gasteiger partial charge in [-0.25, -0.2) is 0 Å². The van der Waals surface area contributed by atoms with Gasteiger partial charge >= 0.3 is 0 Å². The fourth-order valence-electron chi connectivity index (χ4n) is 1.65. The third-order valence-corrected chi connectivity index (χ3v) is 2.54. The summed E-state index contributed by atoms with van der Waals surface area (Å²) in [7, 11) is 0. The van der Waals surface area contributed by atoms with Crippen LogP contribution in [0.5, 0.6) is 0 Å². The Labute approximate surface area is 108 Å². The molecule has 0 aliphatic heterocycles. The molecule has 18 heavy (non-hydrogen) atoms. The topological polar surface area (TPSA) is 58.2 Å². The first-order valence-electron chi connectivity index (χ1n) is 6.14. The third kappa shape index (κ3) is 6.03. The fourth-order valence-corrected chi connectivity index (χ4v) is 1.65. The van der Waals surface area contributed by atoms with E-state index >= 15 is 0 Å². The zero-order valence-electron chi connectivity index (χ0n) is 11.0. The Balaban J connectivity index is 2.17. The van der Waals surface area contributed by atoms with Crippen LogP contribution < -0.4 is 10.6 Å². The van der Waals surface area contributed by atoms with Gasteiger partial charge in [-0.3, -0.25) is 9.59 Å². The number of hydrogen-bond acceptors (Lipinski definition) is 2. The number of nitrogens with one attached hydrogen (secondary N) is 2. The number of aryl methyl sites for hydroxylation is 1. The van der Waals surface area contributed by atoms with E-state index in [1.54, 1.807) is 0 Å². The minimum Gasteiger partial charge on any atom is -0.356 e. The molecule has 0 saturated heterocycles. The van der Waals surface area contributed by atoms with E-state index in [1.165, 1.54) is 18.1 Å². The normalized spacial score (nSPS) is 9.89. The van der Waals surface area contributed by atoms with Crippen molar-refractivity contribution < 1.29 is 9.59 Å². The quantitative estimate of drug-likeness (QED) is 0.794. The van der Waals surface area contributed by atoms with Gasteiger partial charge < -0.3 is 10.6 Å². The highest BCUT2D eigenvalue weighted by Crippen LogP contribution is 2.03. The molecule has 0 aliphatic rings. The number of benzene rings is 1. The molecule has 1 aromatic rings. The van der Waals surface area contributed by atoms with Crippen LogP contribution in [0.2, 0.25) is 0 Å². The zero-order valence-corrected chi connectivity index (χ0v) is 11.0. The van der Waals surface area contributed by atoms with Crippen molar-refractivity contribution in [2.24, 2.45) is 0 Å². The molecule has 0 atom stereocenters. The summed E-state index contributed by atoms with van der Waals surface area (Å²) < 4.78 is 0. The van der Waals surface area contributed by atoms with Crippen LogP contribution in [0.3, 0.4) is 0 Å². The molecule has 4 nitrogen and oxygen atoms in total. The predicted molar refractivity (Wildman–Crippen MR) is 71.2 cm³/mol. The number of carbonyl (C=O) groups is 2. The molecule has 0 saturated carbocycles. The highest BCUT2D eigenvalue weighted by molar-refractivity contribution is 5.77. The van der Waals surface area contributed by atoms with Gasteiger partial charge in [0.1, 0.15) is 0 Å². The van der Waals surface area contributed by atoms with Gasteiger partial charge in [0.2, 0.25) is 11.8 Å². The molecule has 0 fully saturated rings. The SMILES string of the molecule is CC(=O)NCCC(=O)NCCc1cccc(C)c1. The Bertz CT molecular complexity index is 416. The van der Waals surface area contributed by atoms with Gasteiger partial charge in [-0.2, -0.15) is 0 Å². The van der Waals surface area contributed by atoms with Gasteiger partial charge in [-0.15, -0.1) is 0 Å². The maximum atomic E-state index is 11.4. The Hall–Kier alpha value is -1.84. The van der Waals surface area contributed by atoms with Gasteiger partial charge in [0, 0.05) is 26.4 Å². The molecule has 0 spiro atoms. The van der Waals surface area contributed by atoms with Crippen LogP contribution in [0.25, 0.3) is 0 Å². The van der Waals surface area contributed by atoms with Gasteiger partial charge in [0.25, 0.3) is 0 Å². The zero-order chi connectivity index (χ0) is 13.4. The highest BCUT2D eigenvalue weighted by Gasteiger charge is 2.01. The lowest BCUT2D eigenvalue weighted by atomic mass is 10.1. The minimum absolute atomic E-state index is 0.0311. The largest absolute Gasteiger partial charge is 0.356 e. The average molecular weight is 248 g/mol. The molecular weight excluding hydrogens is 228 g/mol. The van der Waals surface area contributed by atoms with E-state index in [0.29, 0.717) is 19.5 Å². The monoisotopic (exact) mass is 248 g/mol. The molecule has 0 radical (unpaired) electrons. The Morgan fingerprint density at radius 3 is 2.61 bits per heavy atom. The first kappa shape index (κ1) is 14.2. The van der Waals surface area contributed by atoms with Gasteiger partial charge in [0.05, 0.1) is 0 Å². The second kappa shape index (κ2) is 7.48. The number of carbonyl (C=O) groups excluding carboxylic acids is 2. The van der Waals surface area contributed by atoms with Crippen molar-refractivity contribution in [1.82, 2.24) is 10.6 Å². The lowest BCUT2D eigenvalue weighted by Gasteiger charge is -2.06. The van der Waals surface area contributed by atoms with E-state index in [0.717, 1.165) is 6.42 Å². The Kier molecular flexibility index (Phi) is 5.91. The van der Waals surface area contributed by atoms with Crippen molar-refractivity contribution >= 4 is 11.8 Å². The van der Waals surface area contributed by atoms with E-state index in [2.05, 4.69) is 35.8 Å². The number of amides is 2. The van der Waals surface area contributed by atoms with Crippen molar-refractivity contribution in [3.8, 4) is 0 Å². The van der Waals surface area contributed by atoms with E-state index < -0.39 is 0 Å². The highest BCUT2D eigenvalue weighted by atomic mass is 16.2. The van der Waals surface area contributed by atoms with Crippen LogP contribution in [-0.2, 0) is 16.0 Å². The summed E-state index contributed by atoms with van der Waals surface area (Å²) in [6.07, 6.45) is 1.15. The molecule has 1 aromatic carbocycles. The molecule has 2 N–H and O–H groups in total. The van der Waals surface area contributed by atoms with Crippen LogP contribution in [0.4, 0.5) is 0 Å². The van der Waals surface area contributed by atoms with Crippen LogP contribution in [0.1, 0.15) is 24.5 Å². The molecule has 1 rings (SSSR count). The maximum absolute atomic E-state index is 11.4. The number of rotatable bonds is 6. The summed E-state index contributed by atoms with van der Waals surface area (Å²) in [6.45, 7) is 4.51. The van der Waals surface area contributed by atoms with Crippen LogP contribution in [0, 0.1) is 6.92 Å². The molecule has 0 aromatic heterocycles. The molecule has 0 bridgehead atoms. The Morgan fingerprint density at radius 1 is 1.17 bits per heavy atom. The summed E-state index contributed by atoms with van der Waals surface area (Å²) in [5.41, 5.74) is 2.45. The lowest BCUT2D eigenvalue weighted by molar-refractivity contribution is -0.121. The van der Waals surface area contributed by atoms with Crippen molar-refractivity contribution in [1.29, 1.82) is 0 Å². The van der Waals surface area contributed by atoms with E-state index in [1.807, 2.05) is 6.07 Å². The molecule has 0 heterocycles. The van der Waals surface area contributed by atoms with Crippen molar-refractivity contribution in [2.45, 2.75) is 26.7 Å². The van der Waals surface area contributed by atoms with Crippen LogP contribution in [-0.4, -0.2) is 24.9 Å². The second-order valence-electron chi connectivity index (χ2n) is 4.32. The molecule has 98 valence electrons. The molecule has 0 unspecified atom stereocenters. The summed E-state index contributed by atoms with van der Waals surface area (Å²) in [4.78, 5) is 22.0. The van der Waals surface area contributed by atoms with E-state index in [-0.39, 0.29) is 11.8 Å². The minimum atomic E-state index is -0.109. The van der Waals surface area contributed by atoms with Gasteiger partial charge in [-0.1, -0.05) is 29.8 Å². The first-order chi connectivity index (χ1) is 8.58. The number of hydrogen-bond donors (Lipinski definition) is 2. The third-order valence-electron chi connectivity index (χ3n) is 2.54. The summed E-state index contributed by atoms with van der Waals surface area (Å²) in [5.74, 6) is -0.140. The standard InChI is InChI=1S/C14H20N2O2/c1-11-4-3-5-13(10-11)6-8-16-14(18)7-9-15-12(2)17/h3-5,10H,6-9H2,1-2H3,(H,15,17)(H,16,18).